The molecule has 6 nitrogen and oxygen atoms in total. The number of likely N-dealkylation sites (tertiary alicyclic amines) is 1. The molecule has 1 N–H and O–H groups in total. The Labute approximate surface area is 198 Å². The van der Waals surface area contributed by atoms with Crippen molar-refractivity contribution in [2.45, 2.75) is 38.9 Å². The first kappa shape index (κ1) is 24.1. The smallest absolute Gasteiger partial charge is 0.352 e. The predicted octanol–water partition coefficient (Wildman–Crippen LogP) is 5.42. The Morgan fingerprint density at radius 1 is 1.21 bits per heavy atom. The Kier molecular flexibility index (Phi) is 6.83. The maximum atomic E-state index is 13.6. The third-order valence-electron chi connectivity index (χ3n) is 5.87. The van der Waals surface area contributed by atoms with E-state index in [1.165, 1.54) is 23.5 Å². The van der Waals surface area contributed by atoms with E-state index in [-0.39, 0.29) is 36.2 Å². The number of nitrogens with zero attached hydrogens (tertiary/aromatic N) is 4. The summed E-state index contributed by atoms with van der Waals surface area (Å²) in [6.07, 6.45) is -1.31. The number of benzene rings is 1. The molecule has 0 bridgehead atoms. The highest BCUT2D eigenvalue weighted by atomic mass is 32.1. The number of thiazole rings is 1. The molecule has 4 rings (SSSR count). The van der Waals surface area contributed by atoms with Crippen molar-refractivity contribution in [2.24, 2.45) is 5.92 Å². The predicted molar refractivity (Wildman–Crippen MR) is 121 cm³/mol. The topological polar surface area (TPSA) is 71.0 Å². The van der Waals surface area contributed by atoms with Crippen LogP contribution in [0.15, 0.2) is 36.7 Å². The number of aryl methyl sites for hydroxylation is 1. The highest BCUT2D eigenvalue weighted by Crippen LogP contribution is 2.33. The van der Waals surface area contributed by atoms with Crippen molar-refractivity contribution in [3.05, 3.63) is 58.7 Å². The van der Waals surface area contributed by atoms with Gasteiger partial charge in [0.1, 0.15) is 11.5 Å². The van der Waals surface area contributed by atoms with E-state index in [2.05, 4.69) is 20.3 Å². The number of hydrogen-bond acceptors (Lipinski definition) is 6. The number of amides is 1. The van der Waals surface area contributed by atoms with E-state index in [1.807, 2.05) is 13.8 Å². The summed E-state index contributed by atoms with van der Waals surface area (Å²) in [5.74, 6) is -0.377. The second-order valence-electron chi connectivity index (χ2n) is 8.28. The van der Waals surface area contributed by atoms with Crippen LogP contribution in [0.3, 0.4) is 0 Å². The van der Waals surface area contributed by atoms with Crippen LogP contribution in [0, 0.1) is 18.7 Å². The molecule has 1 aliphatic rings. The summed E-state index contributed by atoms with van der Waals surface area (Å²) in [6.45, 7) is 4.66. The number of alkyl halides is 3. The summed E-state index contributed by atoms with van der Waals surface area (Å²) in [6, 6.07) is 5.71. The van der Waals surface area contributed by atoms with Gasteiger partial charge in [0.15, 0.2) is 0 Å². The van der Waals surface area contributed by atoms with Gasteiger partial charge in [-0.3, -0.25) is 4.79 Å². The highest BCUT2D eigenvalue weighted by Gasteiger charge is 2.35. The number of carbonyl (C=O) groups excluding carboxylic acids is 1. The zero-order valence-corrected chi connectivity index (χ0v) is 19.4. The fraction of sp³-hybridized carbons (Fsp3) is 0.391. The summed E-state index contributed by atoms with van der Waals surface area (Å²) in [5, 5.41) is 3.70. The van der Waals surface area contributed by atoms with Crippen LogP contribution in [0.25, 0.3) is 10.4 Å². The van der Waals surface area contributed by atoms with Crippen molar-refractivity contribution < 1.29 is 22.4 Å². The lowest BCUT2D eigenvalue weighted by Crippen LogP contribution is -2.51. The Hall–Kier alpha value is -3.08. The zero-order chi connectivity index (χ0) is 24.5. The number of anilines is 1. The molecule has 0 aliphatic carbocycles. The molecule has 2 aromatic heterocycles. The van der Waals surface area contributed by atoms with Gasteiger partial charge >= 0.3 is 6.18 Å². The number of hydrogen-bond donors (Lipinski definition) is 1. The standard InChI is InChI=1S/C23H23F4N5OS/c1-13-4-3-9-32(18(13)12-30-22-28-10-16(11-29-22)23(25,26)27)21(33)19-20(34-14(2)31-19)15-5-7-17(24)8-6-15/h5-8,10-11,13,18H,3-4,9,12H2,1-2H3,(H,28,29,30). The van der Waals surface area contributed by atoms with Crippen LogP contribution < -0.4 is 5.32 Å². The number of halogens is 4. The molecule has 0 saturated carbocycles. The van der Waals surface area contributed by atoms with Crippen molar-refractivity contribution in [3.8, 4) is 10.4 Å². The van der Waals surface area contributed by atoms with Gasteiger partial charge in [0.2, 0.25) is 5.95 Å². The van der Waals surface area contributed by atoms with E-state index in [0.29, 0.717) is 22.7 Å². The maximum Gasteiger partial charge on any atom is 0.419 e. The van der Waals surface area contributed by atoms with E-state index in [4.69, 9.17) is 0 Å². The molecule has 11 heteroatoms. The number of aromatic nitrogens is 3. The molecule has 1 amide bonds. The molecule has 3 heterocycles. The van der Waals surface area contributed by atoms with Crippen LogP contribution >= 0.6 is 11.3 Å². The average Bonchev–Trinajstić information content (AvgIpc) is 3.19. The summed E-state index contributed by atoms with van der Waals surface area (Å²) in [7, 11) is 0. The minimum absolute atomic E-state index is 0.0645. The molecule has 180 valence electrons. The van der Waals surface area contributed by atoms with E-state index in [9.17, 15) is 22.4 Å². The SMILES string of the molecule is Cc1nc(C(=O)N2CCCC(C)C2CNc2ncc(C(F)(F)F)cn2)c(-c2ccc(F)cc2)s1. The second kappa shape index (κ2) is 9.65. The molecule has 1 aliphatic heterocycles. The molecule has 1 aromatic carbocycles. The second-order valence-corrected chi connectivity index (χ2v) is 9.48. The number of rotatable bonds is 5. The third kappa shape index (κ3) is 5.19. The van der Waals surface area contributed by atoms with Crippen LogP contribution in [-0.2, 0) is 6.18 Å². The molecule has 0 spiro atoms. The lowest BCUT2D eigenvalue weighted by molar-refractivity contribution is -0.138. The lowest BCUT2D eigenvalue weighted by Gasteiger charge is -2.40. The van der Waals surface area contributed by atoms with Gasteiger partial charge in [0.05, 0.1) is 21.5 Å². The van der Waals surface area contributed by atoms with E-state index >= 15 is 0 Å². The number of nitrogens with one attached hydrogen (secondary N) is 1. The summed E-state index contributed by atoms with van der Waals surface area (Å²) >= 11 is 1.37. The van der Waals surface area contributed by atoms with Gasteiger partial charge < -0.3 is 10.2 Å². The van der Waals surface area contributed by atoms with Crippen LogP contribution in [0.2, 0.25) is 0 Å². The Morgan fingerprint density at radius 3 is 2.53 bits per heavy atom. The minimum Gasteiger partial charge on any atom is -0.352 e. The quantitative estimate of drug-likeness (QED) is 0.481. The van der Waals surface area contributed by atoms with Gasteiger partial charge in [-0.25, -0.2) is 19.3 Å². The molecular formula is C23H23F4N5OS. The lowest BCUT2D eigenvalue weighted by atomic mass is 9.90. The molecule has 1 fully saturated rings. The van der Waals surface area contributed by atoms with Crippen molar-refractivity contribution in [2.75, 3.05) is 18.4 Å². The fourth-order valence-corrected chi connectivity index (χ4v) is 4.99. The van der Waals surface area contributed by atoms with Gasteiger partial charge in [-0.05, 0) is 43.4 Å². The van der Waals surface area contributed by atoms with Gasteiger partial charge in [-0.15, -0.1) is 11.3 Å². The number of carbonyl (C=O) groups is 1. The highest BCUT2D eigenvalue weighted by molar-refractivity contribution is 7.15. The first-order chi connectivity index (χ1) is 16.1. The molecule has 0 radical (unpaired) electrons. The Morgan fingerprint density at radius 2 is 1.88 bits per heavy atom. The summed E-state index contributed by atoms with van der Waals surface area (Å²) in [5.41, 5.74) is 0.111. The van der Waals surface area contributed by atoms with Crippen molar-refractivity contribution in [1.29, 1.82) is 0 Å². The van der Waals surface area contributed by atoms with Crippen molar-refractivity contribution in [1.82, 2.24) is 19.9 Å². The van der Waals surface area contributed by atoms with Crippen molar-refractivity contribution in [3.63, 3.8) is 0 Å². The Balaban J connectivity index is 1.54. The first-order valence-electron chi connectivity index (χ1n) is 10.8. The molecule has 34 heavy (non-hydrogen) atoms. The van der Waals surface area contributed by atoms with E-state index in [0.717, 1.165) is 30.2 Å². The molecule has 1 saturated heterocycles. The van der Waals surface area contributed by atoms with Crippen LogP contribution in [0.5, 0.6) is 0 Å². The fourth-order valence-electron chi connectivity index (χ4n) is 4.08. The van der Waals surface area contributed by atoms with E-state index in [1.54, 1.807) is 17.0 Å². The first-order valence-corrected chi connectivity index (χ1v) is 11.6. The minimum atomic E-state index is -4.51. The van der Waals surface area contributed by atoms with Gasteiger partial charge in [-0.1, -0.05) is 19.1 Å². The maximum absolute atomic E-state index is 13.6. The number of piperidine rings is 1. The largest absolute Gasteiger partial charge is 0.419 e. The monoisotopic (exact) mass is 493 g/mol. The van der Waals surface area contributed by atoms with Crippen LogP contribution in [0.4, 0.5) is 23.5 Å². The zero-order valence-electron chi connectivity index (χ0n) is 18.6. The normalized spacial score (nSPS) is 18.7. The van der Waals surface area contributed by atoms with E-state index < -0.39 is 11.7 Å². The molecular weight excluding hydrogens is 470 g/mol. The van der Waals surface area contributed by atoms with Crippen LogP contribution in [-0.4, -0.2) is 44.9 Å². The third-order valence-corrected chi connectivity index (χ3v) is 6.89. The molecule has 2 atom stereocenters. The molecule has 3 aromatic rings. The van der Waals surface area contributed by atoms with Gasteiger partial charge in [0, 0.05) is 25.5 Å². The summed E-state index contributed by atoms with van der Waals surface area (Å²) in [4.78, 5) is 28.0. The Bertz CT molecular complexity index is 1150. The van der Waals surface area contributed by atoms with Crippen molar-refractivity contribution >= 4 is 23.2 Å². The van der Waals surface area contributed by atoms with Crippen LogP contribution in [0.1, 0.15) is 40.8 Å². The van der Waals surface area contributed by atoms with Gasteiger partial charge in [0.25, 0.3) is 5.91 Å². The summed E-state index contributed by atoms with van der Waals surface area (Å²) < 4.78 is 51.7. The van der Waals surface area contributed by atoms with Gasteiger partial charge in [-0.2, -0.15) is 13.2 Å². The molecule has 2 unspecified atom stereocenters. The average molecular weight is 494 g/mol.